The highest BCUT2D eigenvalue weighted by Crippen LogP contribution is 2.42. The van der Waals surface area contributed by atoms with Crippen LogP contribution in [0, 0.1) is 0 Å². The Balaban J connectivity index is 1.28. The smallest absolute Gasteiger partial charge is 0.314 e. The summed E-state index contributed by atoms with van der Waals surface area (Å²) in [5.74, 6) is 0.347. The van der Waals surface area contributed by atoms with Gasteiger partial charge in [0.15, 0.2) is 5.82 Å². The van der Waals surface area contributed by atoms with Gasteiger partial charge in [-0.15, -0.1) is 0 Å². The molecule has 1 saturated heterocycles. The van der Waals surface area contributed by atoms with Gasteiger partial charge in [-0.25, -0.2) is 14.8 Å². The maximum absolute atomic E-state index is 14.6. The van der Waals surface area contributed by atoms with Gasteiger partial charge in [-0.2, -0.15) is 0 Å². The van der Waals surface area contributed by atoms with Crippen molar-refractivity contribution in [1.82, 2.24) is 30.2 Å². The number of carbonyl (C=O) groups is 2. The number of imidazole rings is 1. The molecule has 0 spiro atoms. The molecule has 1 atom stereocenters. The summed E-state index contributed by atoms with van der Waals surface area (Å²) in [6.45, 7) is 5.92. The zero-order valence-corrected chi connectivity index (χ0v) is 29.8. The van der Waals surface area contributed by atoms with Gasteiger partial charge in [0, 0.05) is 63.9 Å². The van der Waals surface area contributed by atoms with E-state index in [1.165, 1.54) is 0 Å². The lowest BCUT2D eigenvalue weighted by Crippen LogP contribution is -2.48. The van der Waals surface area contributed by atoms with Crippen LogP contribution in [0.3, 0.4) is 0 Å². The first-order chi connectivity index (χ1) is 24.8. The van der Waals surface area contributed by atoms with Crippen molar-refractivity contribution >= 4 is 57.5 Å². The van der Waals surface area contributed by atoms with E-state index in [0.29, 0.717) is 52.4 Å². The first-order valence-electron chi connectivity index (χ1n) is 17.1. The first kappa shape index (κ1) is 34.1. The van der Waals surface area contributed by atoms with E-state index in [1.54, 1.807) is 6.20 Å². The van der Waals surface area contributed by atoms with Gasteiger partial charge in [-0.05, 0) is 68.7 Å². The summed E-state index contributed by atoms with van der Waals surface area (Å²) in [6.07, 6.45) is 5.07. The second kappa shape index (κ2) is 14.9. The largest absolute Gasteiger partial charge is 0.355 e. The predicted octanol–water partition coefficient (Wildman–Crippen LogP) is 8.55. The molecule has 4 N–H and O–H groups in total. The van der Waals surface area contributed by atoms with Crippen molar-refractivity contribution in [2.75, 3.05) is 29.9 Å². The van der Waals surface area contributed by atoms with E-state index < -0.39 is 0 Å². The molecule has 10 nitrogen and oxygen atoms in total. The fourth-order valence-corrected chi connectivity index (χ4v) is 7.06. The predicted molar refractivity (Wildman–Crippen MR) is 205 cm³/mol. The number of aromatic amines is 1. The van der Waals surface area contributed by atoms with Crippen molar-refractivity contribution in [2.24, 2.45) is 0 Å². The summed E-state index contributed by atoms with van der Waals surface area (Å²) in [6, 6.07) is 26.8. The van der Waals surface area contributed by atoms with E-state index in [1.807, 2.05) is 98.2 Å². The van der Waals surface area contributed by atoms with Crippen molar-refractivity contribution in [1.29, 1.82) is 0 Å². The molecule has 1 fully saturated rings. The van der Waals surface area contributed by atoms with Crippen molar-refractivity contribution < 1.29 is 9.59 Å². The summed E-state index contributed by atoms with van der Waals surface area (Å²) in [7, 11) is 0. The third-order valence-corrected chi connectivity index (χ3v) is 9.82. The molecule has 0 bridgehead atoms. The van der Waals surface area contributed by atoms with Gasteiger partial charge in [-0.3, -0.25) is 4.79 Å². The second-order valence-corrected chi connectivity index (χ2v) is 13.5. The Morgan fingerprint density at radius 2 is 1.69 bits per heavy atom. The topological polar surface area (TPSA) is 120 Å². The standard InChI is InChI=1S/C39H38Cl2N8O2/c1-3-42-39(51)45-29-17-20-48(21-18-29)37-31(10-7-19-43-37)47-38(50)35-33(30-16-15-28(41)22-32(30)46-35)36-34(26-8-5-4-6-9-26)44-23-49(36)24(2)25-11-13-27(40)14-12-25/h4-16,19,22-24,29,46H,3,17-18,20-21H2,1-2H3,(H,47,50)(H2,42,45,51). The average molecular weight is 722 g/mol. The Morgan fingerprint density at radius 3 is 2.43 bits per heavy atom. The van der Waals surface area contributed by atoms with E-state index in [0.717, 1.165) is 46.3 Å². The maximum atomic E-state index is 14.6. The van der Waals surface area contributed by atoms with Crippen molar-refractivity contribution in [2.45, 2.75) is 38.8 Å². The molecule has 1 unspecified atom stereocenters. The van der Waals surface area contributed by atoms with E-state index in [2.05, 4.69) is 42.3 Å². The third-order valence-electron chi connectivity index (χ3n) is 9.34. The number of piperidine rings is 1. The minimum atomic E-state index is -0.328. The fraction of sp³-hybridized carbons (Fsp3) is 0.231. The van der Waals surface area contributed by atoms with E-state index >= 15 is 0 Å². The summed E-state index contributed by atoms with van der Waals surface area (Å²) >= 11 is 12.7. The number of fused-ring (bicyclic) bond motifs is 1. The summed E-state index contributed by atoms with van der Waals surface area (Å²) in [5, 5.41) is 11.1. The van der Waals surface area contributed by atoms with Crippen LogP contribution in [0.15, 0.2) is 97.5 Å². The number of carbonyl (C=O) groups excluding carboxylic acids is 2. The van der Waals surface area contributed by atoms with E-state index in [4.69, 9.17) is 28.2 Å². The summed E-state index contributed by atoms with van der Waals surface area (Å²) < 4.78 is 2.11. The monoisotopic (exact) mass is 720 g/mol. The number of amides is 3. The van der Waals surface area contributed by atoms with Crippen LogP contribution in [0.5, 0.6) is 0 Å². The molecule has 4 heterocycles. The normalized spacial score (nSPS) is 14.0. The zero-order valence-electron chi connectivity index (χ0n) is 28.3. The molecule has 3 amide bonds. The van der Waals surface area contributed by atoms with Crippen LogP contribution in [0.2, 0.25) is 10.0 Å². The molecule has 12 heteroatoms. The molecule has 0 aliphatic carbocycles. The maximum Gasteiger partial charge on any atom is 0.314 e. The lowest BCUT2D eigenvalue weighted by atomic mass is 9.99. The van der Waals surface area contributed by atoms with Gasteiger partial charge in [0.1, 0.15) is 5.69 Å². The number of anilines is 2. The number of urea groups is 1. The molecule has 1 aliphatic rings. The van der Waals surface area contributed by atoms with Crippen molar-refractivity contribution in [3.8, 4) is 22.5 Å². The van der Waals surface area contributed by atoms with Crippen LogP contribution in [0.25, 0.3) is 33.4 Å². The highest BCUT2D eigenvalue weighted by molar-refractivity contribution is 6.31. The molecule has 6 aromatic rings. The summed E-state index contributed by atoms with van der Waals surface area (Å²) in [5.41, 5.74) is 5.88. The van der Waals surface area contributed by atoms with Gasteiger partial charge in [0.05, 0.1) is 29.4 Å². The Kier molecular flexibility index (Phi) is 9.96. The second-order valence-electron chi connectivity index (χ2n) is 12.6. The van der Waals surface area contributed by atoms with Crippen LogP contribution in [0.1, 0.15) is 48.8 Å². The van der Waals surface area contributed by atoms with Crippen LogP contribution >= 0.6 is 23.2 Å². The molecule has 7 rings (SSSR count). The Labute approximate surface area is 306 Å². The minimum absolute atomic E-state index is 0.0641. The molecule has 3 aromatic carbocycles. The highest BCUT2D eigenvalue weighted by Gasteiger charge is 2.29. The number of hydrogen-bond donors (Lipinski definition) is 4. The number of benzene rings is 3. The molecule has 260 valence electrons. The lowest BCUT2D eigenvalue weighted by molar-refractivity contribution is 0.102. The number of aromatic nitrogens is 4. The molecular weight excluding hydrogens is 683 g/mol. The zero-order chi connectivity index (χ0) is 35.5. The molecular formula is C39H38Cl2N8O2. The van der Waals surface area contributed by atoms with Crippen molar-refractivity contribution in [3.05, 3.63) is 119 Å². The molecule has 0 saturated carbocycles. The third kappa shape index (κ3) is 7.15. The van der Waals surface area contributed by atoms with Crippen molar-refractivity contribution in [3.63, 3.8) is 0 Å². The van der Waals surface area contributed by atoms with Gasteiger partial charge in [0.25, 0.3) is 5.91 Å². The fourth-order valence-electron chi connectivity index (χ4n) is 6.76. The number of halogens is 2. The van der Waals surface area contributed by atoms with Crippen LogP contribution in [-0.2, 0) is 0 Å². The SMILES string of the molecule is CCNC(=O)NC1CCN(c2ncccc2NC(=O)c2[nH]c3cc(Cl)ccc3c2-c2c(-c3ccccc3)ncn2C(C)c2ccc(Cl)cc2)CC1. The quantitative estimate of drug-likeness (QED) is 0.119. The highest BCUT2D eigenvalue weighted by atomic mass is 35.5. The van der Waals surface area contributed by atoms with Gasteiger partial charge in [-0.1, -0.05) is 71.7 Å². The Bertz CT molecular complexity index is 2170. The average Bonchev–Trinajstić information content (AvgIpc) is 3.74. The number of nitrogens with one attached hydrogen (secondary N) is 4. The molecule has 0 radical (unpaired) electrons. The number of H-pyrrole nitrogens is 1. The van der Waals surface area contributed by atoms with E-state index in [-0.39, 0.29) is 24.0 Å². The van der Waals surface area contributed by atoms with E-state index in [9.17, 15) is 9.59 Å². The minimum Gasteiger partial charge on any atom is -0.355 e. The first-order valence-corrected chi connectivity index (χ1v) is 17.8. The Hall–Kier alpha value is -5.32. The lowest BCUT2D eigenvalue weighted by Gasteiger charge is -2.34. The molecule has 1 aliphatic heterocycles. The summed E-state index contributed by atoms with van der Waals surface area (Å²) in [4.78, 5) is 41.8. The van der Waals surface area contributed by atoms with Gasteiger partial charge < -0.3 is 30.4 Å². The van der Waals surface area contributed by atoms with Gasteiger partial charge in [0.2, 0.25) is 0 Å². The Morgan fingerprint density at radius 1 is 0.941 bits per heavy atom. The van der Waals surface area contributed by atoms with Crippen LogP contribution in [0.4, 0.5) is 16.3 Å². The number of hydrogen-bond acceptors (Lipinski definition) is 5. The van der Waals surface area contributed by atoms with Crippen LogP contribution in [-0.4, -0.2) is 57.1 Å². The van der Waals surface area contributed by atoms with Crippen LogP contribution < -0.4 is 20.9 Å². The molecule has 3 aromatic heterocycles. The van der Waals surface area contributed by atoms with Gasteiger partial charge >= 0.3 is 6.03 Å². The number of nitrogens with zero attached hydrogens (tertiary/aromatic N) is 4. The number of rotatable bonds is 9. The number of pyridine rings is 1. The molecule has 51 heavy (non-hydrogen) atoms.